The van der Waals surface area contributed by atoms with Gasteiger partial charge in [-0.2, -0.15) is 0 Å². The lowest BCUT2D eigenvalue weighted by Gasteiger charge is -2.20. The number of halogens is 2. The minimum Gasteiger partial charge on any atom is -0.423 e. The molecule has 0 saturated heterocycles. The smallest absolute Gasteiger partial charge is 0.321 e. The molecule has 0 saturated carbocycles. The largest absolute Gasteiger partial charge is 0.423 e. The molecule has 0 spiro atoms. The van der Waals surface area contributed by atoms with Gasteiger partial charge in [-0.1, -0.05) is 23.2 Å². The highest BCUT2D eigenvalue weighted by Crippen LogP contribution is 2.30. The van der Waals surface area contributed by atoms with Crippen LogP contribution in [0.25, 0.3) is 0 Å². The molecule has 0 atom stereocenters. The van der Waals surface area contributed by atoms with E-state index in [4.69, 9.17) is 27.9 Å². The summed E-state index contributed by atoms with van der Waals surface area (Å²) in [6.07, 6.45) is 3.45. The van der Waals surface area contributed by atoms with Crippen LogP contribution in [0.2, 0.25) is 10.0 Å². The highest BCUT2D eigenvalue weighted by Gasteiger charge is 2.09. The van der Waals surface area contributed by atoms with Gasteiger partial charge in [-0.15, -0.1) is 0 Å². The van der Waals surface area contributed by atoms with Crippen LogP contribution in [0.1, 0.15) is 26.3 Å². The fraction of sp³-hybridized carbons (Fsp3) is 0.333. The summed E-state index contributed by atoms with van der Waals surface area (Å²) in [4.78, 5) is 8.35. The summed E-state index contributed by atoms with van der Waals surface area (Å²) in [5.74, 6) is 0.474. The van der Waals surface area contributed by atoms with Gasteiger partial charge < -0.3 is 10.1 Å². The van der Waals surface area contributed by atoms with Crippen molar-refractivity contribution in [2.24, 2.45) is 0 Å². The van der Waals surface area contributed by atoms with E-state index in [1.165, 1.54) is 0 Å². The van der Waals surface area contributed by atoms with Crippen LogP contribution in [0.5, 0.6) is 11.8 Å². The topological polar surface area (TPSA) is 47.0 Å². The van der Waals surface area contributed by atoms with Gasteiger partial charge in [0.2, 0.25) is 0 Å². The molecule has 1 heterocycles. The normalized spacial score (nSPS) is 11.5. The van der Waals surface area contributed by atoms with E-state index in [9.17, 15) is 0 Å². The van der Waals surface area contributed by atoms with E-state index in [0.29, 0.717) is 22.3 Å². The summed E-state index contributed by atoms with van der Waals surface area (Å²) in [6.45, 7) is 7.01. The van der Waals surface area contributed by atoms with Crippen molar-refractivity contribution in [3.8, 4) is 11.8 Å². The monoisotopic (exact) mass is 325 g/mol. The second kappa shape index (κ2) is 6.60. The summed E-state index contributed by atoms with van der Waals surface area (Å²) in [5, 5.41) is 4.34. The van der Waals surface area contributed by atoms with E-state index >= 15 is 0 Å². The molecule has 0 fully saturated rings. The van der Waals surface area contributed by atoms with Crippen LogP contribution in [0.15, 0.2) is 30.6 Å². The first-order valence-corrected chi connectivity index (χ1v) is 7.28. The summed E-state index contributed by atoms with van der Waals surface area (Å²) < 4.78 is 5.53. The fourth-order valence-corrected chi connectivity index (χ4v) is 1.96. The maximum atomic E-state index is 6.04. The Balaban J connectivity index is 2.02. The minimum absolute atomic E-state index is 0.0476. The van der Waals surface area contributed by atoms with Crippen molar-refractivity contribution in [3.63, 3.8) is 0 Å². The van der Waals surface area contributed by atoms with Crippen LogP contribution >= 0.6 is 23.2 Å². The molecule has 112 valence electrons. The Bertz CT molecular complexity index is 609. The minimum atomic E-state index is 0.0476. The molecule has 4 nitrogen and oxygen atoms in total. The van der Waals surface area contributed by atoms with E-state index < -0.39 is 0 Å². The lowest BCUT2D eigenvalue weighted by molar-refractivity contribution is 0.420. The molecule has 1 aromatic heterocycles. The predicted molar refractivity (Wildman–Crippen MR) is 85.2 cm³/mol. The van der Waals surface area contributed by atoms with Crippen molar-refractivity contribution < 1.29 is 4.74 Å². The lowest BCUT2D eigenvalue weighted by atomic mass is 10.1. The predicted octanol–water partition coefficient (Wildman–Crippen LogP) is 4.46. The molecular weight excluding hydrogens is 309 g/mol. The molecule has 0 aliphatic heterocycles. The first kappa shape index (κ1) is 16.0. The van der Waals surface area contributed by atoms with Crippen molar-refractivity contribution in [2.45, 2.75) is 32.9 Å². The maximum Gasteiger partial charge on any atom is 0.321 e. The van der Waals surface area contributed by atoms with Gasteiger partial charge in [0.15, 0.2) is 0 Å². The molecule has 6 heteroatoms. The molecular formula is C15H17Cl2N3O. The number of hydrogen-bond donors (Lipinski definition) is 1. The second-order valence-electron chi connectivity index (χ2n) is 5.65. The zero-order valence-electron chi connectivity index (χ0n) is 12.2. The quantitative estimate of drug-likeness (QED) is 0.901. The average Bonchev–Trinajstić information content (AvgIpc) is 2.40. The molecule has 0 amide bonds. The Kier molecular flexibility index (Phi) is 5.04. The van der Waals surface area contributed by atoms with E-state index in [2.05, 4.69) is 36.1 Å². The van der Waals surface area contributed by atoms with Crippen LogP contribution in [0, 0.1) is 0 Å². The zero-order valence-corrected chi connectivity index (χ0v) is 13.7. The van der Waals surface area contributed by atoms with Crippen molar-refractivity contribution in [2.75, 3.05) is 0 Å². The van der Waals surface area contributed by atoms with Gasteiger partial charge >= 0.3 is 6.01 Å². The third-order valence-corrected chi connectivity index (χ3v) is 3.13. The molecule has 2 aromatic rings. The number of benzene rings is 1. The van der Waals surface area contributed by atoms with Crippen LogP contribution in [-0.4, -0.2) is 15.5 Å². The standard InChI is InChI=1S/C15H17Cl2N3O/c1-15(2,3)20-9-10-7-18-14(19-8-10)21-13-5-4-11(16)6-12(13)17/h4-8,20H,9H2,1-3H3. The second-order valence-corrected chi connectivity index (χ2v) is 6.50. The number of rotatable bonds is 4. The Hall–Kier alpha value is -1.36. The Morgan fingerprint density at radius 3 is 2.38 bits per heavy atom. The van der Waals surface area contributed by atoms with Gasteiger partial charge in [-0.25, -0.2) is 9.97 Å². The summed E-state index contributed by atoms with van der Waals surface area (Å²) in [6, 6.07) is 5.24. The molecule has 2 rings (SSSR count). The van der Waals surface area contributed by atoms with Crippen molar-refractivity contribution in [1.29, 1.82) is 0 Å². The highest BCUT2D eigenvalue weighted by molar-refractivity contribution is 6.35. The maximum absolute atomic E-state index is 6.04. The van der Waals surface area contributed by atoms with Crippen LogP contribution < -0.4 is 10.1 Å². The number of nitrogens with one attached hydrogen (secondary N) is 1. The first-order chi connectivity index (χ1) is 9.83. The van der Waals surface area contributed by atoms with Gasteiger partial charge in [0, 0.05) is 35.1 Å². The van der Waals surface area contributed by atoms with Gasteiger partial charge in [-0.05, 0) is 39.0 Å². The van der Waals surface area contributed by atoms with E-state index in [-0.39, 0.29) is 11.5 Å². The zero-order chi connectivity index (χ0) is 15.5. The lowest BCUT2D eigenvalue weighted by Crippen LogP contribution is -2.35. The SMILES string of the molecule is CC(C)(C)NCc1cnc(Oc2ccc(Cl)cc2Cl)nc1. The molecule has 1 N–H and O–H groups in total. The van der Waals surface area contributed by atoms with Crippen LogP contribution in [0.3, 0.4) is 0 Å². The Morgan fingerprint density at radius 1 is 1.14 bits per heavy atom. The van der Waals surface area contributed by atoms with Crippen LogP contribution in [-0.2, 0) is 6.54 Å². The Labute approximate surface area is 134 Å². The van der Waals surface area contributed by atoms with E-state index in [0.717, 1.165) is 5.56 Å². The van der Waals surface area contributed by atoms with Crippen molar-refractivity contribution in [1.82, 2.24) is 15.3 Å². The molecule has 0 aliphatic rings. The fourth-order valence-electron chi connectivity index (χ4n) is 1.51. The van der Waals surface area contributed by atoms with Gasteiger partial charge in [0.1, 0.15) is 5.75 Å². The molecule has 0 bridgehead atoms. The molecule has 0 aliphatic carbocycles. The molecule has 1 aromatic carbocycles. The molecule has 21 heavy (non-hydrogen) atoms. The van der Waals surface area contributed by atoms with E-state index in [1.54, 1.807) is 30.6 Å². The van der Waals surface area contributed by atoms with E-state index in [1.807, 2.05) is 0 Å². The number of hydrogen-bond acceptors (Lipinski definition) is 4. The van der Waals surface area contributed by atoms with Crippen molar-refractivity contribution >= 4 is 23.2 Å². The van der Waals surface area contributed by atoms with Gasteiger partial charge in [-0.3, -0.25) is 0 Å². The van der Waals surface area contributed by atoms with Crippen molar-refractivity contribution in [3.05, 3.63) is 46.2 Å². The molecule has 0 radical (unpaired) electrons. The third kappa shape index (κ3) is 5.16. The van der Waals surface area contributed by atoms with Gasteiger partial charge in [0.05, 0.1) is 5.02 Å². The summed E-state index contributed by atoms with van der Waals surface area (Å²) in [5.41, 5.74) is 1.03. The summed E-state index contributed by atoms with van der Waals surface area (Å²) in [7, 11) is 0. The number of ether oxygens (including phenoxy) is 1. The number of aromatic nitrogens is 2. The average molecular weight is 326 g/mol. The first-order valence-electron chi connectivity index (χ1n) is 6.52. The van der Waals surface area contributed by atoms with Gasteiger partial charge in [0.25, 0.3) is 0 Å². The van der Waals surface area contributed by atoms with Crippen LogP contribution in [0.4, 0.5) is 0 Å². The Morgan fingerprint density at radius 2 is 1.81 bits per heavy atom. The summed E-state index contributed by atoms with van der Waals surface area (Å²) >= 11 is 11.9. The molecule has 0 unspecified atom stereocenters. The third-order valence-electron chi connectivity index (χ3n) is 2.60. The highest BCUT2D eigenvalue weighted by atomic mass is 35.5. The number of nitrogens with zero attached hydrogens (tertiary/aromatic N) is 2.